The van der Waals surface area contributed by atoms with Crippen molar-refractivity contribution < 1.29 is 9.53 Å². The number of carbonyl (C=O) groups is 1. The molecule has 0 spiro atoms. The molecule has 110 valence electrons. The van der Waals surface area contributed by atoms with Gasteiger partial charge in [0, 0.05) is 16.5 Å². The van der Waals surface area contributed by atoms with E-state index in [-0.39, 0.29) is 5.78 Å². The van der Waals surface area contributed by atoms with Gasteiger partial charge in [-0.15, -0.1) is 11.3 Å². The number of benzene rings is 2. The summed E-state index contributed by atoms with van der Waals surface area (Å²) in [4.78, 5) is 15.8. The second kappa shape index (κ2) is 6.54. The number of hydrogen-bond donors (Lipinski definition) is 0. The summed E-state index contributed by atoms with van der Waals surface area (Å²) < 4.78 is 5.71. The zero-order valence-electron chi connectivity index (χ0n) is 12.2. The molecule has 0 N–H and O–H groups in total. The van der Waals surface area contributed by atoms with Crippen molar-refractivity contribution in [1.82, 2.24) is 4.98 Å². The number of hydrogen-bond acceptors (Lipinski definition) is 4. The van der Waals surface area contributed by atoms with E-state index in [0.29, 0.717) is 12.2 Å². The van der Waals surface area contributed by atoms with Crippen molar-refractivity contribution in [1.29, 1.82) is 0 Å². The Bertz CT molecular complexity index is 763. The van der Waals surface area contributed by atoms with E-state index in [1.54, 1.807) is 42.5 Å². The Morgan fingerprint density at radius 3 is 2.50 bits per heavy atom. The van der Waals surface area contributed by atoms with Crippen molar-refractivity contribution in [2.75, 3.05) is 0 Å². The van der Waals surface area contributed by atoms with Gasteiger partial charge in [-0.05, 0) is 31.2 Å². The fourth-order valence-electron chi connectivity index (χ4n) is 2.03. The molecule has 0 aliphatic rings. The lowest BCUT2D eigenvalue weighted by Crippen LogP contribution is -1.97. The number of aromatic nitrogens is 1. The fourth-order valence-corrected chi connectivity index (χ4v) is 2.84. The number of rotatable bonds is 5. The van der Waals surface area contributed by atoms with E-state index in [4.69, 9.17) is 4.74 Å². The minimum absolute atomic E-state index is 0.0542. The molecule has 1 aromatic heterocycles. The third-order valence-corrected chi connectivity index (χ3v) is 4.16. The normalized spacial score (nSPS) is 10.4. The molecule has 0 radical (unpaired) electrons. The zero-order valence-corrected chi connectivity index (χ0v) is 13.0. The molecule has 0 unspecified atom stereocenters. The standard InChI is InChI=1S/C18H15NO2S/c1-13(20)14-7-9-17(10-8-14)21-11-16-12-22-18(19-16)15-5-3-2-4-6-15/h2-10,12H,11H2,1H3. The van der Waals surface area contributed by atoms with E-state index in [2.05, 4.69) is 4.98 Å². The first-order chi connectivity index (χ1) is 10.7. The summed E-state index contributed by atoms with van der Waals surface area (Å²) in [6, 6.07) is 17.2. The maximum atomic E-state index is 11.2. The number of thiazole rings is 1. The van der Waals surface area contributed by atoms with Gasteiger partial charge in [-0.3, -0.25) is 4.79 Å². The van der Waals surface area contributed by atoms with Crippen LogP contribution >= 0.6 is 11.3 Å². The van der Waals surface area contributed by atoms with Crippen LogP contribution in [0.2, 0.25) is 0 Å². The molecule has 22 heavy (non-hydrogen) atoms. The SMILES string of the molecule is CC(=O)c1ccc(OCc2csc(-c3ccccc3)n2)cc1. The van der Waals surface area contributed by atoms with E-state index < -0.39 is 0 Å². The molecule has 0 saturated carbocycles. The Labute approximate surface area is 133 Å². The van der Waals surface area contributed by atoms with Crippen LogP contribution in [0.1, 0.15) is 23.0 Å². The summed E-state index contributed by atoms with van der Waals surface area (Å²) in [5.74, 6) is 0.790. The highest BCUT2D eigenvalue weighted by Crippen LogP contribution is 2.24. The van der Waals surface area contributed by atoms with Gasteiger partial charge < -0.3 is 4.74 Å². The highest BCUT2D eigenvalue weighted by atomic mass is 32.1. The molecule has 0 saturated heterocycles. The monoisotopic (exact) mass is 309 g/mol. The van der Waals surface area contributed by atoms with Crippen LogP contribution in [-0.4, -0.2) is 10.8 Å². The number of Topliss-reactive ketones (excluding diaryl/α,β-unsaturated/α-hetero) is 1. The summed E-state index contributed by atoms with van der Waals surface area (Å²) in [6.07, 6.45) is 0. The molecule has 4 heteroatoms. The maximum Gasteiger partial charge on any atom is 0.159 e. The lowest BCUT2D eigenvalue weighted by molar-refractivity contribution is 0.101. The van der Waals surface area contributed by atoms with Gasteiger partial charge in [0.1, 0.15) is 17.4 Å². The van der Waals surface area contributed by atoms with Gasteiger partial charge in [-0.25, -0.2) is 4.98 Å². The van der Waals surface area contributed by atoms with Crippen molar-refractivity contribution >= 4 is 17.1 Å². The van der Waals surface area contributed by atoms with Crippen LogP contribution in [-0.2, 0) is 6.61 Å². The Morgan fingerprint density at radius 1 is 1.09 bits per heavy atom. The van der Waals surface area contributed by atoms with E-state index in [9.17, 15) is 4.79 Å². The summed E-state index contributed by atoms with van der Waals surface area (Å²) in [6.45, 7) is 1.97. The Morgan fingerprint density at radius 2 is 1.82 bits per heavy atom. The minimum atomic E-state index is 0.0542. The van der Waals surface area contributed by atoms with Crippen LogP contribution in [0.25, 0.3) is 10.6 Å². The van der Waals surface area contributed by atoms with E-state index >= 15 is 0 Å². The van der Waals surface area contributed by atoms with Crippen molar-refractivity contribution in [3.05, 3.63) is 71.2 Å². The van der Waals surface area contributed by atoms with E-state index in [0.717, 1.165) is 22.0 Å². The fraction of sp³-hybridized carbons (Fsp3) is 0.111. The summed E-state index contributed by atoms with van der Waals surface area (Å²) >= 11 is 1.61. The predicted octanol–water partition coefficient (Wildman–Crippen LogP) is 4.59. The van der Waals surface area contributed by atoms with Crippen LogP contribution in [0.15, 0.2) is 60.0 Å². The number of nitrogens with zero attached hydrogens (tertiary/aromatic N) is 1. The Kier molecular flexibility index (Phi) is 4.30. The molecular formula is C18H15NO2S. The second-order valence-corrected chi connectivity index (χ2v) is 5.74. The quantitative estimate of drug-likeness (QED) is 0.647. The molecule has 0 bridgehead atoms. The van der Waals surface area contributed by atoms with Gasteiger partial charge in [0.05, 0.1) is 5.69 Å². The van der Waals surface area contributed by atoms with Gasteiger partial charge in [0.25, 0.3) is 0 Å². The lowest BCUT2D eigenvalue weighted by atomic mass is 10.1. The zero-order chi connectivity index (χ0) is 15.4. The smallest absolute Gasteiger partial charge is 0.159 e. The number of ketones is 1. The molecule has 0 aliphatic heterocycles. The van der Waals surface area contributed by atoms with Crippen molar-refractivity contribution in [2.24, 2.45) is 0 Å². The van der Waals surface area contributed by atoms with Gasteiger partial charge in [-0.1, -0.05) is 30.3 Å². The summed E-state index contributed by atoms with van der Waals surface area (Å²) in [7, 11) is 0. The first kappa shape index (κ1) is 14.5. The van der Waals surface area contributed by atoms with Crippen LogP contribution in [0.4, 0.5) is 0 Å². The van der Waals surface area contributed by atoms with Crippen LogP contribution < -0.4 is 4.74 Å². The Balaban J connectivity index is 1.65. The van der Waals surface area contributed by atoms with Crippen molar-refractivity contribution in [2.45, 2.75) is 13.5 Å². The average Bonchev–Trinajstić information content (AvgIpc) is 3.03. The number of ether oxygens (including phenoxy) is 1. The lowest BCUT2D eigenvalue weighted by Gasteiger charge is -2.04. The molecule has 0 amide bonds. The van der Waals surface area contributed by atoms with Gasteiger partial charge in [-0.2, -0.15) is 0 Å². The first-order valence-electron chi connectivity index (χ1n) is 6.96. The molecule has 3 aromatic rings. The molecule has 3 nitrogen and oxygen atoms in total. The second-order valence-electron chi connectivity index (χ2n) is 4.88. The highest BCUT2D eigenvalue weighted by molar-refractivity contribution is 7.13. The molecule has 3 rings (SSSR count). The van der Waals surface area contributed by atoms with Gasteiger partial charge >= 0.3 is 0 Å². The molecule has 0 atom stereocenters. The van der Waals surface area contributed by atoms with E-state index in [1.807, 2.05) is 35.7 Å². The highest BCUT2D eigenvalue weighted by Gasteiger charge is 2.05. The molecular weight excluding hydrogens is 294 g/mol. The Hall–Kier alpha value is -2.46. The first-order valence-corrected chi connectivity index (χ1v) is 7.84. The predicted molar refractivity (Wildman–Crippen MR) is 88.3 cm³/mol. The third kappa shape index (κ3) is 3.40. The largest absolute Gasteiger partial charge is 0.487 e. The molecule has 0 aliphatic carbocycles. The van der Waals surface area contributed by atoms with Gasteiger partial charge in [0.2, 0.25) is 0 Å². The average molecular weight is 309 g/mol. The minimum Gasteiger partial charge on any atom is -0.487 e. The van der Waals surface area contributed by atoms with Crippen molar-refractivity contribution in [3.63, 3.8) is 0 Å². The summed E-state index contributed by atoms with van der Waals surface area (Å²) in [5.41, 5.74) is 2.71. The van der Waals surface area contributed by atoms with Gasteiger partial charge in [0.15, 0.2) is 5.78 Å². The summed E-state index contributed by atoms with van der Waals surface area (Å²) in [5, 5.41) is 3.00. The molecule has 2 aromatic carbocycles. The van der Waals surface area contributed by atoms with Crippen LogP contribution in [0.5, 0.6) is 5.75 Å². The van der Waals surface area contributed by atoms with Crippen LogP contribution in [0.3, 0.4) is 0 Å². The number of carbonyl (C=O) groups excluding carboxylic acids is 1. The topological polar surface area (TPSA) is 39.2 Å². The maximum absolute atomic E-state index is 11.2. The van der Waals surface area contributed by atoms with Crippen LogP contribution in [0, 0.1) is 0 Å². The van der Waals surface area contributed by atoms with E-state index in [1.165, 1.54) is 0 Å². The van der Waals surface area contributed by atoms with Crippen molar-refractivity contribution in [3.8, 4) is 16.3 Å². The third-order valence-electron chi connectivity index (χ3n) is 3.22. The molecule has 1 heterocycles. The molecule has 0 fully saturated rings.